The molecule has 0 fully saturated rings. The van der Waals surface area contributed by atoms with Crippen molar-refractivity contribution in [2.24, 2.45) is 0 Å². The normalized spacial score (nSPS) is 15.7. The third-order valence-corrected chi connectivity index (χ3v) is 5.68. The van der Waals surface area contributed by atoms with Gasteiger partial charge in [0, 0.05) is 11.4 Å². The van der Waals surface area contributed by atoms with E-state index in [0.29, 0.717) is 33.4 Å². The van der Waals surface area contributed by atoms with E-state index < -0.39 is 17.7 Å². The molecule has 160 valence electrons. The molecule has 2 N–H and O–H groups in total. The first-order chi connectivity index (χ1) is 14.3. The molecular formula is C22H26FN3O3S. The van der Waals surface area contributed by atoms with Crippen LogP contribution < -0.4 is 10.9 Å². The van der Waals surface area contributed by atoms with Gasteiger partial charge in [0.05, 0.1) is 23.2 Å². The summed E-state index contributed by atoms with van der Waals surface area (Å²) in [5, 5.41) is 3.63. The van der Waals surface area contributed by atoms with Crippen LogP contribution in [-0.2, 0) is 9.53 Å². The molecule has 0 amide bonds. The Morgan fingerprint density at radius 3 is 2.63 bits per heavy atom. The van der Waals surface area contributed by atoms with Crippen LogP contribution in [0.2, 0.25) is 0 Å². The zero-order valence-electron chi connectivity index (χ0n) is 17.5. The Morgan fingerprint density at radius 1 is 1.30 bits per heavy atom. The van der Waals surface area contributed by atoms with Crippen molar-refractivity contribution in [1.29, 1.82) is 0 Å². The van der Waals surface area contributed by atoms with Gasteiger partial charge in [0.15, 0.2) is 5.16 Å². The maximum absolute atomic E-state index is 13.5. The zero-order valence-corrected chi connectivity index (χ0v) is 18.4. The highest BCUT2D eigenvalue weighted by atomic mass is 32.2. The second kappa shape index (κ2) is 9.47. The van der Waals surface area contributed by atoms with E-state index in [1.54, 1.807) is 32.9 Å². The molecule has 0 unspecified atom stereocenters. The summed E-state index contributed by atoms with van der Waals surface area (Å²) in [6.07, 6.45) is 1.75. The zero-order chi connectivity index (χ0) is 21.8. The minimum Gasteiger partial charge on any atom is -0.460 e. The van der Waals surface area contributed by atoms with Crippen LogP contribution in [0.1, 0.15) is 57.6 Å². The van der Waals surface area contributed by atoms with Crippen molar-refractivity contribution >= 4 is 23.5 Å². The number of ether oxygens (including phenoxy) is 1. The molecule has 0 spiro atoms. The summed E-state index contributed by atoms with van der Waals surface area (Å²) in [4.78, 5) is 33.4. The lowest BCUT2D eigenvalue weighted by molar-refractivity contribution is -0.143. The van der Waals surface area contributed by atoms with Crippen molar-refractivity contribution in [1.82, 2.24) is 9.97 Å². The van der Waals surface area contributed by atoms with Crippen LogP contribution >= 0.6 is 11.8 Å². The molecule has 3 rings (SSSR count). The van der Waals surface area contributed by atoms with E-state index in [2.05, 4.69) is 22.2 Å². The second-order valence-electron chi connectivity index (χ2n) is 7.44. The van der Waals surface area contributed by atoms with Crippen LogP contribution in [-0.4, -0.2) is 27.8 Å². The highest BCUT2D eigenvalue weighted by Crippen LogP contribution is 2.40. The number of anilines is 1. The highest BCUT2D eigenvalue weighted by molar-refractivity contribution is 7.99. The molecule has 1 aromatic carbocycles. The first-order valence-corrected chi connectivity index (χ1v) is 11.0. The smallest absolute Gasteiger partial charge is 0.337 e. The van der Waals surface area contributed by atoms with Gasteiger partial charge in [-0.3, -0.25) is 4.79 Å². The van der Waals surface area contributed by atoms with Gasteiger partial charge in [-0.2, -0.15) is 0 Å². The fourth-order valence-electron chi connectivity index (χ4n) is 3.35. The Labute approximate surface area is 179 Å². The Balaban J connectivity index is 2.12. The molecular weight excluding hydrogens is 405 g/mol. The number of thioether (sulfide) groups is 1. The minimum absolute atomic E-state index is 0.318. The number of nitrogens with one attached hydrogen (secondary N) is 2. The van der Waals surface area contributed by atoms with Gasteiger partial charge < -0.3 is 15.0 Å². The number of rotatable bonds is 7. The van der Waals surface area contributed by atoms with Gasteiger partial charge in [-0.25, -0.2) is 14.2 Å². The van der Waals surface area contributed by atoms with Crippen molar-refractivity contribution < 1.29 is 13.9 Å². The third kappa shape index (κ3) is 4.75. The number of hydrogen-bond donors (Lipinski definition) is 2. The fraction of sp³-hybridized carbons (Fsp3) is 0.409. The molecule has 2 aromatic rings. The molecule has 0 radical (unpaired) electrons. The maximum Gasteiger partial charge on any atom is 0.337 e. The number of nitrogens with zero attached hydrogens (tertiary/aromatic N) is 1. The Bertz CT molecular complexity index is 1020. The van der Waals surface area contributed by atoms with Gasteiger partial charge in [-0.15, -0.1) is 0 Å². The average Bonchev–Trinajstić information content (AvgIpc) is 2.67. The lowest BCUT2D eigenvalue weighted by atomic mass is 9.82. The van der Waals surface area contributed by atoms with Gasteiger partial charge in [-0.1, -0.05) is 37.2 Å². The highest BCUT2D eigenvalue weighted by Gasteiger charge is 2.36. The predicted molar refractivity (Wildman–Crippen MR) is 116 cm³/mol. The largest absolute Gasteiger partial charge is 0.460 e. The molecule has 2 heterocycles. The van der Waals surface area contributed by atoms with Crippen LogP contribution in [0.15, 0.2) is 45.5 Å². The topological polar surface area (TPSA) is 84.1 Å². The Morgan fingerprint density at radius 2 is 2.00 bits per heavy atom. The monoisotopic (exact) mass is 431 g/mol. The fourth-order valence-corrected chi connectivity index (χ4v) is 4.30. The van der Waals surface area contributed by atoms with Gasteiger partial charge in [0.25, 0.3) is 5.56 Å². The molecule has 8 heteroatoms. The number of aromatic amines is 1. The molecule has 6 nitrogen and oxygen atoms in total. The molecule has 0 aliphatic carbocycles. The number of unbranched alkanes of at least 4 members (excludes halogenated alkanes) is 1. The van der Waals surface area contributed by atoms with E-state index in [1.807, 2.05) is 0 Å². The van der Waals surface area contributed by atoms with Gasteiger partial charge in [0.2, 0.25) is 0 Å². The summed E-state index contributed by atoms with van der Waals surface area (Å²) < 4.78 is 19.0. The number of hydrogen-bond acceptors (Lipinski definition) is 6. The lowest BCUT2D eigenvalue weighted by Crippen LogP contribution is -2.31. The van der Waals surface area contributed by atoms with E-state index in [-0.39, 0.29) is 11.7 Å². The van der Waals surface area contributed by atoms with Gasteiger partial charge in [0.1, 0.15) is 11.6 Å². The van der Waals surface area contributed by atoms with E-state index in [4.69, 9.17) is 4.74 Å². The summed E-state index contributed by atoms with van der Waals surface area (Å²) in [6, 6.07) is 5.78. The summed E-state index contributed by atoms with van der Waals surface area (Å²) in [5.41, 5.74) is 1.49. The molecule has 0 bridgehead atoms. The van der Waals surface area contributed by atoms with Crippen molar-refractivity contribution in [3.8, 4) is 0 Å². The van der Waals surface area contributed by atoms with Crippen LogP contribution in [0.5, 0.6) is 0 Å². The Kier molecular flexibility index (Phi) is 6.97. The lowest BCUT2D eigenvalue weighted by Gasteiger charge is -2.29. The Hall–Kier alpha value is -2.61. The van der Waals surface area contributed by atoms with Crippen LogP contribution in [0.3, 0.4) is 0 Å². The van der Waals surface area contributed by atoms with E-state index in [1.165, 1.54) is 23.9 Å². The SMILES string of the molecule is CCCCSc1nc2c(c(=O)[nH]1)[C@@H](c1ccc(F)cc1)C(C(=O)OC(C)C)=C(C)N2. The van der Waals surface area contributed by atoms with E-state index >= 15 is 0 Å². The summed E-state index contributed by atoms with van der Waals surface area (Å²) in [7, 11) is 0. The van der Waals surface area contributed by atoms with Crippen molar-refractivity contribution in [2.45, 2.75) is 57.7 Å². The van der Waals surface area contributed by atoms with Crippen molar-refractivity contribution in [2.75, 3.05) is 11.1 Å². The number of aromatic nitrogens is 2. The first kappa shape index (κ1) is 22.1. The third-order valence-electron chi connectivity index (χ3n) is 4.72. The number of H-pyrrole nitrogens is 1. The summed E-state index contributed by atoms with van der Waals surface area (Å²) >= 11 is 1.48. The number of fused-ring (bicyclic) bond motifs is 1. The number of halogens is 1. The number of allylic oxidation sites excluding steroid dienone is 1. The standard InChI is InChI=1S/C22H26FN3O3S/c1-5-6-11-30-22-25-19-18(20(27)26-22)17(14-7-9-15(23)10-8-14)16(13(4)24-19)21(28)29-12(2)3/h7-10,12,17H,5-6,11H2,1-4H3,(H2,24,25,26,27)/t17-/m0/s1. The van der Waals surface area contributed by atoms with Crippen molar-refractivity contribution in [3.05, 3.63) is 62.8 Å². The molecule has 1 atom stereocenters. The maximum atomic E-state index is 13.5. The number of carbonyl (C=O) groups is 1. The van der Waals surface area contributed by atoms with Crippen LogP contribution in [0.4, 0.5) is 10.2 Å². The molecule has 30 heavy (non-hydrogen) atoms. The molecule has 1 aromatic heterocycles. The average molecular weight is 432 g/mol. The van der Waals surface area contributed by atoms with Crippen LogP contribution in [0.25, 0.3) is 0 Å². The molecule has 0 saturated heterocycles. The molecule has 1 aliphatic heterocycles. The van der Waals surface area contributed by atoms with E-state index in [9.17, 15) is 14.0 Å². The number of benzene rings is 1. The minimum atomic E-state index is -0.709. The number of carbonyl (C=O) groups excluding carboxylic acids is 1. The second-order valence-corrected chi connectivity index (χ2v) is 8.52. The summed E-state index contributed by atoms with van der Waals surface area (Å²) in [6.45, 7) is 7.38. The summed E-state index contributed by atoms with van der Waals surface area (Å²) in [5.74, 6) is -0.365. The number of esters is 1. The van der Waals surface area contributed by atoms with Gasteiger partial charge >= 0.3 is 5.97 Å². The molecule has 0 saturated carbocycles. The first-order valence-electron chi connectivity index (χ1n) is 10.0. The predicted octanol–water partition coefficient (Wildman–Crippen LogP) is 4.58. The van der Waals surface area contributed by atoms with Gasteiger partial charge in [-0.05, 0) is 44.9 Å². The van der Waals surface area contributed by atoms with Crippen molar-refractivity contribution in [3.63, 3.8) is 0 Å². The molecule has 1 aliphatic rings. The van der Waals surface area contributed by atoms with Crippen LogP contribution in [0, 0.1) is 5.82 Å². The van der Waals surface area contributed by atoms with E-state index in [0.717, 1.165) is 18.6 Å². The quantitative estimate of drug-likeness (QED) is 0.289.